The molecule has 4 saturated carbocycles. The third kappa shape index (κ3) is 1.50. The fourth-order valence-corrected chi connectivity index (χ4v) is 6.42. The average Bonchev–Trinajstić information content (AvgIpc) is 2.97. The Balaban J connectivity index is 1.74. The molecule has 0 aliphatic heterocycles. The van der Waals surface area contributed by atoms with E-state index in [9.17, 15) is 9.59 Å². The number of rotatable bonds is 1. The molecule has 0 saturated heterocycles. The molecule has 4 aliphatic rings. The molecule has 0 unspecified atom stereocenters. The molecular weight excluding hydrogens is 296 g/mol. The lowest BCUT2D eigenvalue weighted by atomic mass is 9.70. The number of hydrogen-bond donors (Lipinski definition) is 0. The molecule has 0 heterocycles. The summed E-state index contributed by atoms with van der Waals surface area (Å²) in [6.45, 7) is 13.2. The van der Waals surface area contributed by atoms with Crippen LogP contribution in [0, 0.1) is 33.5 Å². The van der Waals surface area contributed by atoms with Crippen LogP contribution in [-0.4, -0.2) is 11.6 Å². The third-order valence-corrected chi connectivity index (χ3v) is 9.17. The van der Waals surface area contributed by atoms with Crippen molar-refractivity contribution >= 4 is 11.6 Å². The first kappa shape index (κ1) is 16.3. The van der Waals surface area contributed by atoms with Gasteiger partial charge < -0.3 is 0 Å². The summed E-state index contributed by atoms with van der Waals surface area (Å²) in [5.74, 6) is 1.34. The molecule has 4 fully saturated rings. The molecule has 4 rings (SSSR count). The predicted molar refractivity (Wildman–Crippen MR) is 95.4 cm³/mol. The monoisotopic (exact) mass is 326 g/mol. The Hall–Kier alpha value is -1.18. The predicted octanol–water partition coefficient (Wildman–Crippen LogP) is 4.89. The molecule has 0 aromatic heterocycles. The van der Waals surface area contributed by atoms with Crippen LogP contribution in [0.15, 0.2) is 23.3 Å². The van der Waals surface area contributed by atoms with E-state index in [-0.39, 0.29) is 21.7 Å². The number of carbonyl (C=O) groups is 2. The van der Waals surface area contributed by atoms with E-state index < -0.39 is 0 Å². The zero-order valence-corrected chi connectivity index (χ0v) is 16.0. The van der Waals surface area contributed by atoms with Gasteiger partial charge in [0.25, 0.3) is 0 Å². The molecule has 0 spiro atoms. The number of ketones is 2. The van der Waals surface area contributed by atoms with Gasteiger partial charge in [0, 0.05) is 10.8 Å². The van der Waals surface area contributed by atoms with Gasteiger partial charge >= 0.3 is 0 Å². The van der Waals surface area contributed by atoms with Crippen molar-refractivity contribution < 1.29 is 9.59 Å². The Morgan fingerprint density at radius 2 is 1.04 bits per heavy atom. The van der Waals surface area contributed by atoms with Gasteiger partial charge in [0.1, 0.15) is 0 Å². The van der Waals surface area contributed by atoms with Crippen LogP contribution in [0.5, 0.6) is 0 Å². The smallest absolute Gasteiger partial charge is 0.165 e. The highest BCUT2D eigenvalue weighted by atomic mass is 16.1. The fraction of sp³-hybridized carbons (Fsp3) is 0.727. The number of carbonyl (C=O) groups excluding carboxylic acids is 2. The van der Waals surface area contributed by atoms with Crippen molar-refractivity contribution in [1.29, 1.82) is 0 Å². The van der Waals surface area contributed by atoms with Crippen molar-refractivity contribution in [3.8, 4) is 0 Å². The van der Waals surface area contributed by atoms with Gasteiger partial charge in [0.15, 0.2) is 11.6 Å². The van der Waals surface area contributed by atoms with Crippen molar-refractivity contribution in [2.24, 2.45) is 33.5 Å². The molecule has 130 valence electrons. The first-order valence-corrected chi connectivity index (χ1v) is 9.50. The maximum Gasteiger partial charge on any atom is 0.165 e. The summed E-state index contributed by atoms with van der Waals surface area (Å²) in [6, 6.07) is 0. The second kappa shape index (κ2) is 4.31. The van der Waals surface area contributed by atoms with Crippen molar-refractivity contribution in [2.45, 2.75) is 67.2 Å². The standard InChI is InChI=1S/C22H30O2/c1-19(2)15-9-11-21(19,5)17(23)13(15)7-8-14-16-10-12-22(6,18(14)24)20(16,3)4/h7-8,15-16H,9-12H2,1-6H3/b13-7-,14-8-/t15-,16+,21-,22-/m0/s1. The lowest BCUT2D eigenvalue weighted by Crippen LogP contribution is -2.32. The van der Waals surface area contributed by atoms with E-state index in [1.54, 1.807) is 0 Å². The Bertz CT molecular complexity index is 658. The van der Waals surface area contributed by atoms with E-state index >= 15 is 0 Å². The molecule has 0 radical (unpaired) electrons. The van der Waals surface area contributed by atoms with Crippen LogP contribution in [0.1, 0.15) is 67.2 Å². The van der Waals surface area contributed by atoms with Gasteiger partial charge in [0.2, 0.25) is 0 Å². The highest BCUT2D eigenvalue weighted by Gasteiger charge is 2.65. The highest BCUT2D eigenvalue weighted by Crippen LogP contribution is 2.67. The first-order valence-electron chi connectivity index (χ1n) is 9.50. The number of Topliss-reactive ketones (excluding diaryl/α,β-unsaturated/α-hetero) is 2. The van der Waals surface area contributed by atoms with Gasteiger partial charge in [-0.25, -0.2) is 0 Å². The summed E-state index contributed by atoms with van der Waals surface area (Å²) in [5.41, 5.74) is 1.59. The zero-order valence-electron chi connectivity index (χ0n) is 16.0. The fourth-order valence-electron chi connectivity index (χ4n) is 6.42. The van der Waals surface area contributed by atoms with Crippen molar-refractivity contribution in [3.05, 3.63) is 23.3 Å². The topological polar surface area (TPSA) is 34.1 Å². The quantitative estimate of drug-likeness (QED) is 0.643. The Kier molecular flexibility index (Phi) is 2.93. The number of allylic oxidation sites excluding steroid dienone is 4. The normalized spacial score (nSPS) is 48.2. The molecule has 0 N–H and O–H groups in total. The molecule has 2 nitrogen and oxygen atoms in total. The Morgan fingerprint density at radius 1 is 0.708 bits per heavy atom. The van der Waals surface area contributed by atoms with Gasteiger partial charge in [-0.15, -0.1) is 0 Å². The molecule has 0 amide bonds. The molecule has 4 aliphatic carbocycles. The third-order valence-electron chi connectivity index (χ3n) is 9.17. The van der Waals surface area contributed by atoms with E-state index in [0.29, 0.717) is 23.4 Å². The molecule has 2 heteroatoms. The lowest BCUT2D eigenvalue weighted by molar-refractivity contribution is -0.126. The van der Waals surface area contributed by atoms with E-state index in [2.05, 4.69) is 41.5 Å². The average molecular weight is 326 g/mol. The van der Waals surface area contributed by atoms with E-state index in [1.807, 2.05) is 12.2 Å². The van der Waals surface area contributed by atoms with E-state index in [0.717, 1.165) is 36.8 Å². The number of hydrogen-bond acceptors (Lipinski definition) is 2. The summed E-state index contributed by atoms with van der Waals surface area (Å²) in [6.07, 6.45) is 8.25. The van der Waals surface area contributed by atoms with Crippen LogP contribution >= 0.6 is 0 Å². The van der Waals surface area contributed by atoms with Crippen LogP contribution in [0.3, 0.4) is 0 Å². The SMILES string of the molecule is CC1(C)[C@@H]2CC[C@@]1(C)C(=O)/C2=C\C=C1/C(=O)[C@]2(C)CC[C@@H]1C2(C)C. The second-order valence-electron chi connectivity index (χ2n) is 10.2. The summed E-state index contributed by atoms with van der Waals surface area (Å²) >= 11 is 0. The van der Waals surface area contributed by atoms with E-state index in [4.69, 9.17) is 0 Å². The highest BCUT2D eigenvalue weighted by molar-refractivity contribution is 6.07. The maximum absolute atomic E-state index is 13.0. The molecule has 4 atom stereocenters. The van der Waals surface area contributed by atoms with Crippen LogP contribution < -0.4 is 0 Å². The summed E-state index contributed by atoms with van der Waals surface area (Å²) in [5, 5.41) is 0. The van der Waals surface area contributed by atoms with Gasteiger partial charge in [-0.05, 0) is 59.5 Å². The first-order chi connectivity index (χ1) is 11.0. The minimum atomic E-state index is -0.216. The minimum absolute atomic E-state index is 0.0400. The molecule has 0 aromatic carbocycles. The summed E-state index contributed by atoms with van der Waals surface area (Å²) in [7, 11) is 0. The van der Waals surface area contributed by atoms with Crippen molar-refractivity contribution in [1.82, 2.24) is 0 Å². The van der Waals surface area contributed by atoms with Crippen LogP contribution in [-0.2, 0) is 9.59 Å². The van der Waals surface area contributed by atoms with Crippen molar-refractivity contribution in [3.63, 3.8) is 0 Å². The van der Waals surface area contributed by atoms with Crippen LogP contribution in [0.25, 0.3) is 0 Å². The Morgan fingerprint density at radius 3 is 1.29 bits per heavy atom. The lowest BCUT2D eigenvalue weighted by Gasteiger charge is -2.31. The largest absolute Gasteiger partial charge is 0.294 e. The summed E-state index contributed by atoms with van der Waals surface area (Å²) < 4.78 is 0. The van der Waals surface area contributed by atoms with Crippen LogP contribution in [0.4, 0.5) is 0 Å². The molecule has 0 aromatic rings. The Labute approximate surface area is 145 Å². The van der Waals surface area contributed by atoms with Gasteiger partial charge in [-0.3, -0.25) is 9.59 Å². The second-order valence-corrected chi connectivity index (χ2v) is 10.2. The van der Waals surface area contributed by atoms with E-state index in [1.165, 1.54) is 0 Å². The molecule has 24 heavy (non-hydrogen) atoms. The minimum Gasteiger partial charge on any atom is -0.294 e. The van der Waals surface area contributed by atoms with Gasteiger partial charge in [-0.2, -0.15) is 0 Å². The maximum atomic E-state index is 13.0. The van der Waals surface area contributed by atoms with Gasteiger partial charge in [0.05, 0.1) is 0 Å². The van der Waals surface area contributed by atoms with Gasteiger partial charge in [-0.1, -0.05) is 53.7 Å². The zero-order chi connectivity index (χ0) is 17.7. The molecular formula is C22H30O2. The van der Waals surface area contributed by atoms with Crippen LogP contribution in [0.2, 0.25) is 0 Å². The summed E-state index contributed by atoms with van der Waals surface area (Å²) in [4.78, 5) is 25.9. The number of fused-ring (bicyclic) bond motifs is 4. The molecule has 4 bridgehead atoms. The van der Waals surface area contributed by atoms with Crippen molar-refractivity contribution in [2.75, 3.05) is 0 Å².